The number of aromatic nitrogens is 1. The third-order valence-electron chi connectivity index (χ3n) is 3.95. The number of hydrogen-bond donors (Lipinski definition) is 3. The average Bonchev–Trinajstić information content (AvgIpc) is 3.03. The van der Waals surface area contributed by atoms with Crippen molar-refractivity contribution < 1.29 is 4.74 Å². The molecule has 5 heteroatoms. The molecule has 0 aliphatic rings. The van der Waals surface area contributed by atoms with Crippen LogP contribution in [0, 0.1) is 0 Å². The second-order valence-corrected chi connectivity index (χ2v) is 5.98. The SMILES string of the molecule is COc1ccc2[nH]cc(CCNC(=S)NCc3ccccc3)c2c1. The summed E-state index contributed by atoms with van der Waals surface area (Å²) >= 11 is 5.33. The summed E-state index contributed by atoms with van der Waals surface area (Å²) < 4.78 is 5.30. The van der Waals surface area contributed by atoms with E-state index >= 15 is 0 Å². The monoisotopic (exact) mass is 339 g/mol. The molecule has 4 nitrogen and oxygen atoms in total. The smallest absolute Gasteiger partial charge is 0.166 e. The van der Waals surface area contributed by atoms with Crippen LogP contribution in [0.4, 0.5) is 0 Å². The molecular weight excluding hydrogens is 318 g/mol. The first-order chi connectivity index (χ1) is 11.8. The number of ether oxygens (including phenoxy) is 1. The van der Waals surface area contributed by atoms with E-state index in [0.29, 0.717) is 5.11 Å². The highest BCUT2D eigenvalue weighted by Crippen LogP contribution is 2.23. The maximum absolute atomic E-state index is 5.33. The minimum atomic E-state index is 0.677. The molecule has 2 aromatic carbocycles. The number of H-pyrrole nitrogens is 1. The number of methoxy groups -OCH3 is 1. The fourth-order valence-corrected chi connectivity index (χ4v) is 2.82. The Morgan fingerprint density at radius 3 is 2.75 bits per heavy atom. The van der Waals surface area contributed by atoms with Crippen LogP contribution in [0.3, 0.4) is 0 Å². The van der Waals surface area contributed by atoms with Gasteiger partial charge < -0.3 is 20.4 Å². The summed E-state index contributed by atoms with van der Waals surface area (Å²) in [5, 5.41) is 8.36. The van der Waals surface area contributed by atoms with Gasteiger partial charge in [0.05, 0.1) is 7.11 Å². The molecule has 0 aliphatic carbocycles. The molecule has 24 heavy (non-hydrogen) atoms. The molecule has 3 aromatic rings. The van der Waals surface area contributed by atoms with Gasteiger partial charge in [0.15, 0.2) is 5.11 Å². The molecule has 0 atom stereocenters. The lowest BCUT2D eigenvalue weighted by Crippen LogP contribution is -2.35. The number of rotatable bonds is 6. The molecule has 0 unspecified atom stereocenters. The Morgan fingerprint density at radius 1 is 1.12 bits per heavy atom. The maximum Gasteiger partial charge on any atom is 0.166 e. The number of aromatic amines is 1. The van der Waals surface area contributed by atoms with E-state index in [1.54, 1.807) is 7.11 Å². The molecule has 0 saturated heterocycles. The minimum absolute atomic E-state index is 0.677. The van der Waals surface area contributed by atoms with Crippen molar-refractivity contribution in [1.82, 2.24) is 15.6 Å². The van der Waals surface area contributed by atoms with Gasteiger partial charge in [-0.1, -0.05) is 30.3 Å². The van der Waals surface area contributed by atoms with E-state index in [-0.39, 0.29) is 0 Å². The number of nitrogens with one attached hydrogen (secondary N) is 3. The highest BCUT2D eigenvalue weighted by molar-refractivity contribution is 7.80. The molecule has 3 rings (SSSR count). The van der Waals surface area contributed by atoms with Crippen molar-refractivity contribution >= 4 is 28.2 Å². The summed E-state index contributed by atoms with van der Waals surface area (Å²) in [6.07, 6.45) is 2.94. The normalized spacial score (nSPS) is 10.5. The van der Waals surface area contributed by atoms with Gasteiger partial charge in [-0.15, -0.1) is 0 Å². The van der Waals surface area contributed by atoms with Crippen molar-refractivity contribution in [2.75, 3.05) is 13.7 Å². The molecule has 0 saturated carbocycles. The maximum atomic E-state index is 5.33. The van der Waals surface area contributed by atoms with E-state index in [2.05, 4.69) is 33.8 Å². The molecule has 3 N–H and O–H groups in total. The van der Waals surface area contributed by atoms with Gasteiger partial charge in [0, 0.05) is 30.2 Å². The highest BCUT2D eigenvalue weighted by Gasteiger charge is 2.05. The largest absolute Gasteiger partial charge is 0.497 e. The average molecular weight is 339 g/mol. The number of fused-ring (bicyclic) bond motifs is 1. The number of benzene rings is 2. The topological polar surface area (TPSA) is 49.1 Å². The van der Waals surface area contributed by atoms with Crippen molar-refractivity contribution in [1.29, 1.82) is 0 Å². The van der Waals surface area contributed by atoms with E-state index < -0.39 is 0 Å². The fourth-order valence-electron chi connectivity index (χ4n) is 2.64. The molecule has 124 valence electrons. The highest BCUT2D eigenvalue weighted by atomic mass is 32.1. The Morgan fingerprint density at radius 2 is 1.96 bits per heavy atom. The first-order valence-electron chi connectivity index (χ1n) is 7.96. The van der Waals surface area contributed by atoms with Crippen molar-refractivity contribution in [2.24, 2.45) is 0 Å². The van der Waals surface area contributed by atoms with E-state index in [9.17, 15) is 0 Å². The van der Waals surface area contributed by atoms with Gasteiger partial charge in [-0.2, -0.15) is 0 Å². The Kier molecular flexibility index (Phi) is 5.33. The predicted molar refractivity (Wildman–Crippen MR) is 102 cm³/mol. The molecule has 0 fully saturated rings. The van der Waals surface area contributed by atoms with Crippen molar-refractivity contribution in [3.8, 4) is 5.75 Å². The predicted octanol–water partition coefficient (Wildman–Crippen LogP) is 3.38. The van der Waals surface area contributed by atoms with Gasteiger partial charge in [0.2, 0.25) is 0 Å². The van der Waals surface area contributed by atoms with Gasteiger partial charge in [0.25, 0.3) is 0 Å². The Bertz CT molecular complexity index is 814. The first kappa shape index (κ1) is 16.3. The van der Waals surface area contributed by atoms with Crippen LogP contribution in [-0.2, 0) is 13.0 Å². The van der Waals surface area contributed by atoms with Crippen LogP contribution in [0.15, 0.2) is 54.7 Å². The third-order valence-corrected chi connectivity index (χ3v) is 4.24. The molecule has 0 amide bonds. The summed E-state index contributed by atoms with van der Waals surface area (Å²) in [6, 6.07) is 16.3. The van der Waals surface area contributed by atoms with Gasteiger partial charge in [-0.3, -0.25) is 0 Å². The van der Waals surface area contributed by atoms with Crippen LogP contribution in [0.1, 0.15) is 11.1 Å². The fraction of sp³-hybridized carbons (Fsp3) is 0.211. The van der Waals surface area contributed by atoms with E-state index in [4.69, 9.17) is 17.0 Å². The molecule has 1 aromatic heterocycles. The molecule has 0 spiro atoms. The van der Waals surface area contributed by atoms with Crippen LogP contribution in [0.5, 0.6) is 5.75 Å². The summed E-state index contributed by atoms with van der Waals surface area (Å²) in [7, 11) is 1.69. The van der Waals surface area contributed by atoms with Gasteiger partial charge >= 0.3 is 0 Å². The summed E-state index contributed by atoms with van der Waals surface area (Å²) in [5.74, 6) is 0.872. The van der Waals surface area contributed by atoms with E-state index in [1.165, 1.54) is 16.5 Å². The minimum Gasteiger partial charge on any atom is -0.497 e. The summed E-state index contributed by atoms with van der Waals surface area (Å²) in [5.41, 5.74) is 3.59. The van der Waals surface area contributed by atoms with Crippen LogP contribution >= 0.6 is 12.2 Å². The second kappa shape index (κ2) is 7.84. The van der Waals surface area contributed by atoms with Crippen molar-refractivity contribution in [2.45, 2.75) is 13.0 Å². The molecule has 0 aliphatic heterocycles. The van der Waals surface area contributed by atoms with E-state index in [1.807, 2.05) is 36.5 Å². The molecule has 0 bridgehead atoms. The Hall–Kier alpha value is -2.53. The van der Waals surface area contributed by atoms with Gasteiger partial charge in [-0.05, 0) is 48.0 Å². The number of hydrogen-bond acceptors (Lipinski definition) is 2. The zero-order valence-corrected chi connectivity index (χ0v) is 14.5. The summed E-state index contributed by atoms with van der Waals surface area (Å²) in [4.78, 5) is 3.29. The van der Waals surface area contributed by atoms with Gasteiger partial charge in [-0.25, -0.2) is 0 Å². The second-order valence-electron chi connectivity index (χ2n) is 5.57. The van der Waals surface area contributed by atoms with E-state index in [0.717, 1.165) is 30.8 Å². The first-order valence-corrected chi connectivity index (χ1v) is 8.37. The third kappa shape index (κ3) is 4.06. The molecule has 0 radical (unpaired) electrons. The Labute approximate surface area is 147 Å². The van der Waals surface area contributed by atoms with Crippen LogP contribution < -0.4 is 15.4 Å². The lowest BCUT2D eigenvalue weighted by Gasteiger charge is -2.10. The quantitative estimate of drug-likeness (QED) is 0.603. The van der Waals surface area contributed by atoms with Crippen molar-refractivity contribution in [3.05, 3.63) is 65.9 Å². The van der Waals surface area contributed by atoms with Crippen LogP contribution in [0.25, 0.3) is 10.9 Å². The van der Waals surface area contributed by atoms with Crippen molar-refractivity contribution in [3.63, 3.8) is 0 Å². The zero-order chi connectivity index (χ0) is 16.8. The number of thiocarbonyl (C=S) groups is 1. The molecule has 1 heterocycles. The standard InChI is InChI=1S/C19H21N3OS/c1-23-16-7-8-18-17(11-16)15(13-21-18)9-10-20-19(24)22-12-14-5-3-2-4-6-14/h2-8,11,13,21H,9-10,12H2,1H3,(H2,20,22,24). The lowest BCUT2D eigenvalue weighted by molar-refractivity contribution is 0.415. The molecular formula is C19H21N3OS. The Balaban J connectivity index is 1.50. The van der Waals surface area contributed by atoms with Crippen LogP contribution in [0.2, 0.25) is 0 Å². The zero-order valence-electron chi connectivity index (χ0n) is 13.6. The summed E-state index contributed by atoms with van der Waals surface area (Å²) in [6.45, 7) is 1.52. The van der Waals surface area contributed by atoms with Gasteiger partial charge in [0.1, 0.15) is 5.75 Å². The lowest BCUT2D eigenvalue weighted by atomic mass is 10.1. The van der Waals surface area contributed by atoms with Crippen LogP contribution in [-0.4, -0.2) is 23.8 Å².